The first-order valence-corrected chi connectivity index (χ1v) is 7.93. The van der Waals surface area contributed by atoms with E-state index in [1.807, 2.05) is 24.3 Å². The van der Waals surface area contributed by atoms with Crippen LogP contribution < -0.4 is 0 Å². The van der Waals surface area contributed by atoms with Crippen molar-refractivity contribution >= 4 is 42.0 Å². The van der Waals surface area contributed by atoms with Gasteiger partial charge in [0.25, 0.3) is 10.1 Å². The molecular formula is C12H8Br2O3S. The highest BCUT2D eigenvalue weighted by atomic mass is 79.9. The molecule has 0 saturated heterocycles. The number of hydrogen-bond acceptors (Lipinski definition) is 2. The minimum Gasteiger partial charge on any atom is -0.282 e. The molecule has 2 rings (SSSR count). The molecule has 0 aliphatic carbocycles. The van der Waals surface area contributed by atoms with Crippen LogP contribution in [0, 0.1) is 0 Å². The van der Waals surface area contributed by atoms with Gasteiger partial charge in [-0.3, -0.25) is 4.55 Å². The van der Waals surface area contributed by atoms with Gasteiger partial charge in [0.2, 0.25) is 0 Å². The summed E-state index contributed by atoms with van der Waals surface area (Å²) in [6, 6.07) is 12.3. The van der Waals surface area contributed by atoms with Crippen LogP contribution in [-0.2, 0) is 10.1 Å². The lowest BCUT2D eigenvalue weighted by molar-refractivity contribution is 0.482. The van der Waals surface area contributed by atoms with Crippen molar-refractivity contribution in [3.63, 3.8) is 0 Å². The third kappa shape index (κ3) is 3.00. The van der Waals surface area contributed by atoms with Crippen LogP contribution in [0.2, 0.25) is 0 Å². The van der Waals surface area contributed by atoms with Crippen LogP contribution in [-0.4, -0.2) is 13.0 Å². The Balaban J connectivity index is 2.57. The van der Waals surface area contributed by atoms with Crippen molar-refractivity contribution < 1.29 is 13.0 Å². The van der Waals surface area contributed by atoms with Gasteiger partial charge >= 0.3 is 0 Å². The van der Waals surface area contributed by atoms with Gasteiger partial charge in [-0.05, 0) is 51.3 Å². The summed E-state index contributed by atoms with van der Waals surface area (Å²) >= 11 is 6.44. The van der Waals surface area contributed by atoms with Crippen molar-refractivity contribution in [3.05, 3.63) is 51.4 Å². The summed E-state index contributed by atoms with van der Waals surface area (Å²) in [6.07, 6.45) is 0. The highest BCUT2D eigenvalue weighted by molar-refractivity contribution is 9.10. The predicted octanol–water partition coefficient (Wildman–Crippen LogP) is 4.13. The van der Waals surface area contributed by atoms with Gasteiger partial charge in [0.05, 0.1) is 0 Å². The third-order valence-electron chi connectivity index (χ3n) is 2.39. The van der Waals surface area contributed by atoms with Crippen molar-refractivity contribution in [1.82, 2.24) is 0 Å². The molecule has 0 radical (unpaired) electrons. The van der Waals surface area contributed by atoms with E-state index < -0.39 is 10.1 Å². The Kier molecular flexibility index (Phi) is 3.91. The molecule has 18 heavy (non-hydrogen) atoms. The highest BCUT2D eigenvalue weighted by Crippen LogP contribution is 2.29. The van der Waals surface area contributed by atoms with Crippen LogP contribution in [0.5, 0.6) is 0 Å². The molecule has 0 atom stereocenters. The molecule has 1 N–H and O–H groups in total. The zero-order valence-corrected chi connectivity index (χ0v) is 13.0. The van der Waals surface area contributed by atoms with Crippen LogP contribution in [0.1, 0.15) is 0 Å². The minimum absolute atomic E-state index is 0.136. The summed E-state index contributed by atoms with van der Waals surface area (Å²) in [5, 5.41) is 0. The maximum atomic E-state index is 11.2. The standard InChI is InChI=1S/C12H8Br2O3S/c13-10-4-1-8(2-5-10)9-3-6-11(14)12(7-9)18(15,16)17/h1-7H,(H,15,16,17). The smallest absolute Gasteiger partial charge is 0.282 e. The van der Waals surface area contributed by atoms with E-state index in [0.717, 1.165) is 15.6 Å². The first-order valence-electron chi connectivity index (χ1n) is 4.91. The maximum absolute atomic E-state index is 11.2. The van der Waals surface area contributed by atoms with Crippen molar-refractivity contribution in [2.45, 2.75) is 4.90 Å². The molecule has 0 amide bonds. The van der Waals surface area contributed by atoms with Crippen molar-refractivity contribution in [2.75, 3.05) is 0 Å². The van der Waals surface area contributed by atoms with E-state index in [0.29, 0.717) is 4.47 Å². The Morgan fingerprint density at radius 2 is 1.44 bits per heavy atom. The van der Waals surface area contributed by atoms with E-state index in [-0.39, 0.29) is 4.90 Å². The van der Waals surface area contributed by atoms with Gasteiger partial charge in [0.1, 0.15) is 4.90 Å². The maximum Gasteiger partial charge on any atom is 0.295 e. The molecule has 94 valence electrons. The number of hydrogen-bond donors (Lipinski definition) is 1. The number of benzene rings is 2. The van der Waals surface area contributed by atoms with Crippen molar-refractivity contribution in [1.29, 1.82) is 0 Å². The summed E-state index contributed by atoms with van der Waals surface area (Å²) in [4.78, 5) is -0.136. The number of rotatable bonds is 2. The third-order valence-corrected chi connectivity index (χ3v) is 4.76. The molecule has 0 aromatic heterocycles. The predicted molar refractivity (Wildman–Crippen MR) is 77.1 cm³/mol. The summed E-state index contributed by atoms with van der Waals surface area (Å²) in [6.45, 7) is 0. The van der Waals surface area contributed by atoms with Gasteiger partial charge in [0.15, 0.2) is 0 Å². The fraction of sp³-hybridized carbons (Fsp3) is 0. The molecule has 0 bridgehead atoms. The Hall–Kier alpha value is -0.690. The fourth-order valence-electron chi connectivity index (χ4n) is 1.52. The van der Waals surface area contributed by atoms with Crippen molar-refractivity contribution in [3.8, 4) is 11.1 Å². The van der Waals surface area contributed by atoms with E-state index in [2.05, 4.69) is 31.9 Å². The normalized spacial score (nSPS) is 11.5. The summed E-state index contributed by atoms with van der Waals surface area (Å²) in [7, 11) is -4.23. The van der Waals surface area contributed by atoms with Crippen LogP contribution in [0.15, 0.2) is 56.3 Å². The summed E-state index contributed by atoms with van der Waals surface area (Å²) in [5.41, 5.74) is 1.59. The first-order chi connectivity index (χ1) is 8.38. The molecule has 2 aromatic carbocycles. The Morgan fingerprint density at radius 3 is 2.00 bits per heavy atom. The van der Waals surface area contributed by atoms with Crippen LogP contribution >= 0.6 is 31.9 Å². The molecule has 0 heterocycles. The van der Waals surface area contributed by atoms with Crippen LogP contribution in [0.25, 0.3) is 11.1 Å². The molecule has 0 saturated carbocycles. The minimum atomic E-state index is -4.23. The molecule has 0 unspecified atom stereocenters. The Bertz CT molecular complexity index is 679. The lowest BCUT2D eigenvalue weighted by atomic mass is 10.1. The number of halogens is 2. The van der Waals surface area contributed by atoms with Crippen LogP contribution in [0.4, 0.5) is 0 Å². The summed E-state index contributed by atoms with van der Waals surface area (Å²) in [5.74, 6) is 0. The lowest BCUT2D eigenvalue weighted by Crippen LogP contribution is -1.99. The SMILES string of the molecule is O=S(=O)(O)c1cc(-c2ccc(Br)cc2)ccc1Br. The molecule has 0 aliphatic heterocycles. The average molecular weight is 392 g/mol. The van der Waals surface area contributed by atoms with E-state index in [9.17, 15) is 8.42 Å². The molecule has 0 aliphatic rings. The zero-order valence-electron chi connectivity index (χ0n) is 8.97. The van der Waals surface area contributed by atoms with Gasteiger partial charge in [-0.2, -0.15) is 8.42 Å². The van der Waals surface area contributed by atoms with Gasteiger partial charge in [-0.25, -0.2) is 0 Å². The topological polar surface area (TPSA) is 54.4 Å². The highest BCUT2D eigenvalue weighted by Gasteiger charge is 2.15. The second kappa shape index (κ2) is 5.13. The van der Waals surface area contributed by atoms with E-state index in [4.69, 9.17) is 4.55 Å². The van der Waals surface area contributed by atoms with Gasteiger partial charge in [0, 0.05) is 8.95 Å². The zero-order chi connectivity index (χ0) is 13.3. The summed E-state index contributed by atoms with van der Waals surface area (Å²) < 4.78 is 32.8. The van der Waals surface area contributed by atoms with Gasteiger partial charge in [-0.15, -0.1) is 0 Å². The molecule has 6 heteroatoms. The Morgan fingerprint density at radius 1 is 0.889 bits per heavy atom. The van der Waals surface area contributed by atoms with Gasteiger partial charge in [-0.1, -0.05) is 34.1 Å². The molecule has 2 aromatic rings. The lowest BCUT2D eigenvalue weighted by Gasteiger charge is -2.06. The van der Waals surface area contributed by atoms with E-state index in [1.54, 1.807) is 12.1 Å². The average Bonchev–Trinajstić information content (AvgIpc) is 2.29. The first kappa shape index (κ1) is 13.7. The van der Waals surface area contributed by atoms with E-state index >= 15 is 0 Å². The van der Waals surface area contributed by atoms with Gasteiger partial charge < -0.3 is 0 Å². The second-order valence-electron chi connectivity index (χ2n) is 3.63. The second-order valence-corrected chi connectivity index (χ2v) is 6.79. The van der Waals surface area contributed by atoms with Crippen molar-refractivity contribution in [2.24, 2.45) is 0 Å². The van der Waals surface area contributed by atoms with Crippen LogP contribution in [0.3, 0.4) is 0 Å². The molecule has 0 spiro atoms. The Labute approximate surface area is 122 Å². The fourth-order valence-corrected chi connectivity index (χ4v) is 3.24. The molecule has 0 fully saturated rings. The quantitative estimate of drug-likeness (QED) is 0.783. The largest absolute Gasteiger partial charge is 0.295 e. The van der Waals surface area contributed by atoms with E-state index in [1.165, 1.54) is 6.07 Å². The monoisotopic (exact) mass is 390 g/mol. The molecule has 3 nitrogen and oxygen atoms in total. The molecular weight excluding hydrogens is 384 g/mol.